The first-order valence-electron chi connectivity index (χ1n) is 7.51. The summed E-state index contributed by atoms with van der Waals surface area (Å²) in [5, 5.41) is 2.18. The van der Waals surface area contributed by atoms with Crippen molar-refractivity contribution in [3.8, 4) is 0 Å². The zero-order valence-electron chi connectivity index (χ0n) is 12.3. The summed E-state index contributed by atoms with van der Waals surface area (Å²) in [6.45, 7) is 3.52. The normalized spacial score (nSPS) is 21.3. The van der Waals surface area contributed by atoms with E-state index in [0.717, 1.165) is 5.75 Å². The first-order chi connectivity index (χ1) is 9.17. The summed E-state index contributed by atoms with van der Waals surface area (Å²) < 4.78 is 0. The van der Waals surface area contributed by atoms with Crippen molar-refractivity contribution in [3.63, 3.8) is 0 Å². The molecule has 0 bridgehead atoms. The summed E-state index contributed by atoms with van der Waals surface area (Å²) >= 11 is 6.56. The predicted molar refractivity (Wildman–Crippen MR) is 89.4 cm³/mol. The molecule has 0 spiro atoms. The minimum absolute atomic E-state index is 0.444. The molecule has 108 valence electrons. The molecule has 0 radical (unpaired) electrons. The standard InChI is InChI=1S/C16H27NS2/c1-14(15-8-7-11-19-15)17(2)12-16(13-18)9-5-3-4-6-10-16/h7-8,11,14,18H,3-6,9-10,12-13H2,1-2H3. The lowest BCUT2D eigenvalue weighted by molar-refractivity contribution is 0.144. The van der Waals surface area contributed by atoms with E-state index in [2.05, 4.69) is 36.4 Å². The Balaban J connectivity index is 2.00. The van der Waals surface area contributed by atoms with Crippen LogP contribution in [0.4, 0.5) is 0 Å². The molecule has 1 aromatic heterocycles. The van der Waals surface area contributed by atoms with Crippen LogP contribution >= 0.6 is 24.0 Å². The molecule has 2 rings (SSSR count). The SMILES string of the molecule is CC(c1cccs1)N(C)CC1(CS)CCCCCC1. The maximum atomic E-state index is 4.69. The monoisotopic (exact) mass is 297 g/mol. The van der Waals surface area contributed by atoms with Gasteiger partial charge in [-0.3, -0.25) is 4.90 Å². The number of nitrogens with zero attached hydrogens (tertiary/aromatic N) is 1. The van der Waals surface area contributed by atoms with E-state index >= 15 is 0 Å². The summed E-state index contributed by atoms with van der Waals surface area (Å²) in [7, 11) is 2.28. The molecule has 1 aliphatic carbocycles. The largest absolute Gasteiger partial charge is 0.298 e. The Morgan fingerprint density at radius 2 is 2.00 bits per heavy atom. The van der Waals surface area contributed by atoms with Crippen molar-refractivity contribution in [1.82, 2.24) is 4.90 Å². The summed E-state index contributed by atoms with van der Waals surface area (Å²) in [6.07, 6.45) is 8.33. The Hall–Kier alpha value is 0.01000. The number of thiol groups is 1. The van der Waals surface area contributed by atoms with Gasteiger partial charge in [0.05, 0.1) is 0 Å². The number of hydrogen-bond acceptors (Lipinski definition) is 3. The molecule has 0 amide bonds. The minimum atomic E-state index is 0.444. The van der Waals surface area contributed by atoms with Crippen molar-refractivity contribution in [2.24, 2.45) is 5.41 Å². The Bertz CT molecular complexity index is 353. The van der Waals surface area contributed by atoms with Crippen LogP contribution in [-0.4, -0.2) is 24.2 Å². The van der Waals surface area contributed by atoms with Gasteiger partial charge >= 0.3 is 0 Å². The molecule has 1 saturated carbocycles. The summed E-state index contributed by atoms with van der Waals surface area (Å²) in [5.74, 6) is 1.04. The average molecular weight is 298 g/mol. The molecule has 1 fully saturated rings. The third-order valence-electron chi connectivity index (χ3n) is 4.70. The van der Waals surface area contributed by atoms with Crippen LogP contribution in [-0.2, 0) is 0 Å². The van der Waals surface area contributed by atoms with Crippen LogP contribution in [0.25, 0.3) is 0 Å². The van der Waals surface area contributed by atoms with E-state index in [1.165, 1.54) is 49.9 Å². The van der Waals surface area contributed by atoms with Crippen molar-refractivity contribution in [3.05, 3.63) is 22.4 Å². The fourth-order valence-corrected chi connectivity index (χ4v) is 4.52. The van der Waals surface area contributed by atoms with Crippen molar-refractivity contribution in [2.75, 3.05) is 19.3 Å². The van der Waals surface area contributed by atoms with Gasteiger partial charge in [-0.15, -0.1) is 11.3 Å². The van der Waals surface area contributed by atoms with E-state index in [9.17, 15) is 0 Å². The molecule has 19 heavy (non-hydrogen) atoms. The van der Waals surface area contributed by atoms with E-state index in [-0.39, 0.29) is 0 Å². The first-order valence-corrected chi connectivity index (χ1v) is 9.03. The second kappa shape index (κ2) is 7.14. The molecular formula is C16H27NS2. The average Bonchev–Trinajstić information content (AvgIpc) is 2.85. The van der Waals surface area contributed by atoms with Crippen LogP contribution in [0.3, 0.4) is 0 Å². The molecule has 0 N–H and O–H groups in total. The first kappa shape index (κ1) is 15.4. The van der Waals surface area contributed by atoms with Crippen molar-refractivity contribution < 1.29 is 0 Å². The highest BCUT2D eigenvalue weighted by atomic mass is 32.1. The Morgan fingerprint density at radius 1 is 1.32 bits per heavy atom. The van der Waals surface area contributed by atoms with Crippen LogP contribution in [0.5, 0.6) is 0 Å². The van der Waals surface area contributed by atoms with Gasteiger partial charge in [-0.05, 0) is 49.4 Å². The van der Waals surface area contributed by atoms with E-state index in [0.29, 0.717) is 11.5 Å². The van der Waals surface area contributed by atoms with Gasteiger partial charge in [-0.1, -0.05) is 31.7 Å². The molecule has 3 heteroatoms. The van der Waals surface area contributed by atoms with E-state index in [4.69, 9.17) is 12.6 Å². The second-order valence-electron chi connectivity index (χ2n) is 6.18. The lowest BCUT2D eigenvalue weighted by atomic mass is 9.81. The van der Waals surface area contributed by atoms with E-state index < -0.39 is 0 Å². The minimum Gasteiger partial charge on any atom is -0.298 e. The van der Waals surface area contributed by atoms with Crippen LogP contribution in [0.2, 0.25) is 0 Å². The third-order valence-corrected chi connectivity index (χ3v) is 6.41. The lowest BCUT2D eigenvalue weighted by Crippen LogP contribution is -2.38. The predicted octanol–water partition coefficient (Wildman–Crippen LogP) is 5.01. The molecule has 1 nitrogen and oxygen atoms in total. The molecule has 1 unspecified atom stereocenters. The molecule has 0 saturated heterocycles. The van der Waals surface area contributed by atoms with Crippen molar-refractivity contribution in [2.45, 2.75) is 51.5 Å². The van der Waals surface area contributed by atoms with Gasteiger partial charge in [0.25, 0.3) is 0 Å². The van der Waals surface area contributed by atoms with Crippen LogP contribution in [0.1, 0.15) is 56.4 Å². The number of hydrogen-bond donors (Lipinski definition) is 1. The molecule has 1 heterocycles. The summed E-state index contributed by atoms with van der Waals surface area (Å²) in [5.41, 5.74) is 0.444. The third kappa shape index (κ3) is 3.99. The molecular weight excluding hydrogens is 270 g/mol. The topological polar surface area (TPSA) is 3.24 Å². The van der Waals surface area contributed by atoms with Crippen LogP contribution in [0, 0.1) is 5.41 Å². The number of thiophene rings is 1. The van der Waals surface area contributed by atoms with E-state index in [1.807, 2.05) is 11.3 Å². The molecule has 0 aromatic carbocycles. The highest BCUT2D eigenvalue weighted by Gasteiger charge is 2.32. The van der Waals surface area contributed by atoms with Gasteiger partial charge < -0.3 is 0 Å². The second-order valence-corrected chi connectivity index (χ2v) is 7.47. The Morgan fingerprint density at radius 3 is 2.53 bits per heavy atom. The number of rotatable bonds is 5. The Labute approximate surface area is 127 Å². The molecule has 1 atom stereocenters. The molecule has 1 aliphatic rings. The van der Waals surface area contributed by atoms with Crippen LogP contribution in [0.15, 0.2) is 17.5 Å². The fourth-order valence-electron chi connectivity index (χ4n) is 3.26. The molecule has 1 aromatic rings. The highest BCUT2D eigenvalue weighted by Crippen LogP contribution is 2.38. The quantitative estimate of drug-likeness (QED) is 0.590. The van der Waals surface area contributed by atoms with Gasteiger partial charge in [0.2, 0.25) is 0 Å². The zero-order valence-corrected chi connectivity index (χ0v) is 14.0. The van der Waals surface area contributed by atoms with Gasteiger partial charge in [-0.25, -0.2) is 0 Å². The van der Waals surface area contributed by atoms with Crippen LogP contribution < -0.4 is 0 Å². The van der Waals surface area contributed by atoms with Crippen molar-refractivity contribution in [1.29, 1.82) is 0 Å². The molecule has 0 aliphatic heterocycles. The summed E-state index contributed by atoms with van der Waals surface area (Å²) in [6, 6.07) is 4.94. The van der Waals surface area contributed by atoms with Gasteiger partial charge in [0.15, 0.2) is 0 Å². The maximum absolute atomic E-state index is 4.69. The van der Waals surface area contributed by atoms with E-state index in [1.54, 1.807) is 0 Å². The fraction of sp³-hybridized carbons (Fsp3) is 0.750. The lowest BCUT2D eigenvalue weighted by Gasteiger charge is -2.37. The zero-order chi connectivity index (χ0) is 13.7. The maximum Gasteiger partial charge on any atom is 0.0410 e. The summed E-state index contributed by atoms with van der Waals surface area (Å²) in [4.78, 5) is 4.01. The van der Waals surface area contributed by atoms with Gasteiger partial charge in [0.1, 0.15) is 0 Å². The van der Waals surface area contributed by atoms with Gasteiger partial charge in [-0.2, -0.15) is 12.6 Å². The van der Waals surface area contributed by atoms with Crippen molar-refractivity contribution >= 4 is 24.0 Å². The smallest absolute Gasteiger partial charge is 0.0410 e. The van der Waals surface area contributed by atoms with Gasteiger partial charge in [0, 0.05) is 17.5 Å². The Kier molecular flexibility index (Phi) is 5.79. The highest BCUT2D eigenvalue weighted by molar-refractivity contribution is 7.80.